The minimum absolute atomic E-state index is 0.0544. The fourth-order valence-electron chi connectivity index (χ4n) is 2.50. The molecule has 0 aliphatic carbocycles. The molecular weight excluding hydrogens is 273 g/mol. The zero-order valence-corrected chi connectivity index (χ0v) is 12.3. The first-order valence-corrected chi connectivity index (χ1v) is 6.95. The van der Waals surface area contributed by atoms with Gasteiger partial charge >= 0.3 is 0 Å². The van der Waals surface area contributed by atoms with E-state index in [0.29, 0.717) is 13.1 Å². The molecule has 0 bridgehead atoms. The number of likely N-dealkylation sites (tertiary alicyclic amines) is 1. The van der Waals surface area contributed by atoms with E-state index in [-0.39, 0.29) is 30.0 Å². The van der Waals surface area contributed by atoms with Crippen LogP contribution in [0.2, 0.25) is 0 Å². The Morgan fingerprint density at radius 2 is 2.10 bits per heavy atom. The maximum atomic E-state index is 13.4. The number of halogens is 1. The van der Waals surface area contributed by atoms with E-state index in [2.05, 4.69) is 5.32 Å². The Bertz CT molecular complexity index is 533. The smallest absolute Gasteiger partial charge is 0.238 e. The highest BCUT2D eigenvalue weighted by molar-refractivity contribution is 5.92. The van der Waals surface area contributed by atoms with Crippen LogP contribution in [-0.4, -0.2) is 55.3 Å². The standard InChI is InChI=1S/C15H20FN3O2/c1-18(2)15(21)11-7-8-19(9-11)10-14(20)17-13-6-4-3-5-12(13)16/h3-6,11H,7-10H2,1-2H3,(H,17,20). The van der Waals surface area contributed by atoms with Gasteiger partial charge in [-0.1, -0.05) is 12.1 Å². The van der Waals surface area contributed by atoms with E-state index in [9.17, 15) is 14.0 Å². The van der Waals surface area contributed by atoms with E-state index in [1.807, 2.05) is 4.90 Å². The van der Waals surface area contributed by atoms with Gasteiger partial charge in [-0.3, -0.25) is 14.5 Å². The lowest BCUT2D eigenvalue weighted by molar-refractivity contribution is -0.132. The number of hydrogen-bond acceptors (Lipinski definition) is 3. The Hall–Kier alpha value is -1.95. The van der Waals surface area contributed by atoms with Crippen LogP contribution in [0.1, 0.15) is 6.42 Å². The maximum Gasteiger partial charge on any atom is 0.238 e. The minimum Gasteiger partial charge on any atom is -0.349 e. The van der Waals surface area contributed by atoms with Gasteiger partial charge in [-0.15, -0.1) is 0 Å². The summed E-state index contributed by atoms with van der Waals surface area (Å²) in [5.41, 5.74) is 0.183. The molecule has 6 heteroatoms. The average molecular weight is 293 g/mol. The van der Waals surface area contributed by atoms with Crippen molar-refractivity contribution in [1.29, 1.82) is 0 Å². The van der Waals surface area contributed by atoms with Crippen LogP contribution < -0.4 is 5.32 Å². The molecular formula is C15H20FN3O2. The van der Waals surface area contributed by atoms with Crippen LogP contribution in [0.3, 0.4) is 0 Å². The van der Waals surface area contributed by atoms with Crippen LogP contribution in [0.4, 0.5) is 10.1 Å². The Balaban J connectivity index is 1.85. The Morgan fingerprint density at radius 3 is 2.76 bits per heavy atom. The largest absolute Gasteiger partial charge is 0.349 e. The summed E-state index contributed by atoms with van der Waals surface area (Å²) < 4.78 is 13.4. The molecule has 1 aromatic carbocycles. The van der Waals surface area contributed by atoms with Crippen molar-refractivity contribution in [3.05, 3.63) is 30.1 Å². The van der Waals surface area contributed by atoms with Gasteiger partial charge in [0.05, 0.1) is 18.2 Å². The minimum atomic E-state index is -0.451. The van der Waals surface area contributed by atoms with E-state index >= 15 is 0 Å². The third-order valence-corrected chi connectivity index (χ3v) is 3.58. The Labute approximate surface area is 123 Å². The second-order valence-corrected chi connectivity index (χ2v) is 5.48. The Kier molecular flexibility index (Phi) is 4.90. The highest BCUT2D eigenvalue weighted by Crippen LogP contribution is 2.18. The van der Waals surface area contributed by atoms with Gasteiger partial charge in [0, 0.05) is 20.6 Å². The topological polar surface area (TPSA) is 52.7 Å². The molecule has 1 aliphatic rings. The predicted octanol–water partition coefficient (Wildman–Crippen LogP) is 1.17. The van der Waals surface area contributed by atoms with E-state index < -0.39 is 5.82 Å². The second kappa shape index (κ2) is 6.67. The number of benzene rings is 1. The second-order valence-electron chi connectivity index (χ2n) is 5.48. The molecule has 1 unspecified atom stereocenters. The molecule has 1 heterocycles. The van der Waals surface area contributed by atoms with Crippen LogP contribution in [0.15, 0.2) is 24.3 Å². The van der Waals surface area contributed by atoms with Crippen LogP contribution >= 0.6 is 0 Å². The number of anilines is 1. The van der Waals surface area contributed by atoms with Crippen molar-refractivity contribution in [3.8, 4) is 0 Å². The summed E-state index contributed by atoms with van der Waals surface area (Å²) in [5, 5.41) is 2.55. The molecule has 21 heavy (non-hydrogen) atoms. The SMILES string of the molecule is CN(C)C(=O)C1CCN(CC(=O)Nc2ccccc2F)C1. The molecule has 0 spiro atoms. The first kappa shape index (κ1) is 15.4. The van der Waals surface area contributed by atoms with Crippen molar-refractivity contribution in [3.63, 3.8) is 0 Å². The van der Waals surface area contributed by atoms with Gasteiger partial charge in [0.25, 0.3) is 0 Å². The maximum absolute atomic E-state index is 13.4. The van der Waals surface area contributed by atoms with Gasteiger partial charge in [-0.2, -0.15) is 0 Å². The number of nitrogens with zero attached hydrogens (tertiary/aromatic N) is 2. The lowest BCUT2D eigenvalue weighted by atomic mass is 10.1. The first-order valence-electron chi connectivity index (χ1n) is 6.95. The summed E-state index contributed by atoms with van der Waals surface area (Å²) in [6.45, 7) is 1.45. The highest BCUT2D eigenvalue weighted by atomic mass is 19.1. The normalized spacial score (nSPS) is 18.5. The van der Waals surface area contributed by atoms with E-state index in [1.54, 1.807) is 31.1 Å². The highest BCUT2D eigenvalue weighted by Gasteiger charge is 2.30. The number of para-hydroxylation sites is 1. The fourth-order valence-corrected chi connectivity index (χ4v) is 2.50. The first-order chi connectivity index (χ1) is 9.97. The summed E-state index contributed by atoms with van der Waals surface area (Å²) in [4.78, 5) is 27.3. The molecule has 1 aromatic rings. The van der Waals surface area contributed by atoms with Gasteiger partial charge in [0.1, 0.15) is 5.82 Å². The van der Waals surface area contributed by atoms with E-state index in [1.165, 1.54) is 12.1 Å². The van der Waals surface area contributed by atoms with Gasteiger partial charge in [0.2, 0.25) is 11.8 Å². The number of carbonyl (C=O) groups excluding carboxylic acids is 2. The molecule has 0 radical (unpaired) electrons. The summed E-state index contributed by atoms with van der Waals surface area (Å²) >= 11 is 0. The van der Waals surface area contributed by atoms with Gasteiger partial charge in [-0.25, -0.2) is 4.39 Å². The molecule has 5 nitrogen and oxygen atoms in total. The van der Waals surface area contributed by atoms with Gasteiger partial charge in [-0.05, 0) is 25.1 Å². The number of hydrogen-bond donors (Lipinski definition) is 1. The van der Waals surface area contributed by atoms with Crippen LogP contribution in [0.25, 0.3) is 0 Å². The molecule has 1 saturated heterocycles. The quantitative estimate of drug-likeness (QED) is 0.907. The van der Waals surface area contributed by atoms with E-state index in [4.69, 9.17) is 0 Å². The molecule has 2 rings (SSSR count). The fraction of sp³-hybridized carbons (Fsp3) is 0.467. The predicted molar refractivity (Wildman–Crippen MR) is 78.3 cm³/mol. The molecule has 0 saturated carbocycles. The summed E-state index contributed by atoms with van der Waals surface area (Å²) in [6.07, 6.45) is 0.754. The van der Waals surface area contributed by atoms with Crippen molar-refractivity contribution < 1.29 is 14.0 Å². The van der Waals surface area contributed by atoms with Crippen molar-refractivity contribution in [2.45, 2.75) is 6.42 Å². The summed E-state index contributed by atoms with van der Waals surface area (Å²) in [6, 6.07) is 6.07. The van der Waals surface area contributed by atoms with Crippen molar-refractivity contribution in [1.82, 2.24) is 9.80 Å². The van der Waals surface area contributed by atoms with Crippen LogP contribution in [-0.2, 0) is 9.59 Å². The van der Waals surface area contributed by atoms with Gasteiger partial charge in [0.15, 0.2) is 0 Å². The number of nitrogens with one attached hydrogen (secondary N) is 1. The molecule has 0 aromatic heterocycles. The lowest BCUT2D eigenvalue weighted by Gasteiger charge is -2.17. The molecule has 114 valence electrons. The molecule has 1 fully saturated rings. The molecule has 1 N–H and O–H groups in total. The monoisotopic (exact) mass is 293 g/mol. The van der Waals surface area contributed by atoms with E-state index in [0.717, 1.165) is 6.42 Å². The zero-order chi connectivity index (χ0) is 15.4. The van der Waals surface area contributed by atoms with Crippen LogP contribution in [0, 0.1) is 11.7 Å². The zero-order valence-electron chi connectivity index (χ0n) is 12.3. The van der Waals surface area contributed by atoms with Crippen molar-refractivity contribution in [2.75, 3.05) is 39.0 Å². The third-order valence-electron chi connectivity index (χ3n) is 3.58. The molecule has 1 atom stereocenters. The summed E-state index contributed by atoms with van der Waals surface area (Å²) in [7, 11) is 3.46. The number of carbonyl (C=O) groups is 2. The van der Waals surface area contributed by atoms with Crippen molar-refractivity contribution in [2.24, 2.45) is 5.92 Å². The van der Waals surface area contributed by atoms with Crippen molar-refractivity contribution >= 4 is 17.5 Å². The lowest BCUT2D eigenvalue weighted by Crippen LogP contribution is -2.35. The molecule has 2 amide bonds. The van der Waals surface area contributed by atoms with Crippen LogP contribution in [0.5, 0.6) is 0 Å². The average Bonchev–Trinajstić information content (AvgIpc) is 2.88. The third kappa shape index (κ3) is 4.01. The number of amides is 2. The summed E-state index contributed by atoms with van der Waals surface area (Å²) in [5.74, 6) is -0.681. The van der Waals surface area contributed by atoms with Gasteiger partial charge < -0.3 is 10.2 Å². The Morgan fingerprint density at radius 1 is 1.38 bits per heavy atom. The number of rotatable bonds is 4. The molecule has 1 aliphatic heterocycles.